The predicted molar refractivity (Wildman–Crippen MR) is 49.0 cm³/mol. The average Bonchev–Trinajstić information content (AvgIpc) is 2.16. The molecule has 62 valence electrons. The van der Waals surface area contributed by atoms with Crippen molar-refractivity contribution in [2.45, 2.75) is 6.92 Å². The first-order valence-electron chi connectivity index (χ1n) is 3.94. The van der Waals surface area contributed by atoms with Gasteiger partial charge in [0, 0.05) is 17.3 Å². The van der Waals surface area contributed by atoms with Gasteiger partial charge in [-0.3, -0.25) is 4.98 Å². The maximum absolute atomic E-state index is 8.82. The monoisotopic (exact) mass is 169 g/mol. The summed E-state index contributed by atoms with van der Waals surface area (Å²) in [6.45, 7) is 1.86. The second-order valence-electron chi connectivity index (χ2n) is 2.79. The third kappa shape index (κ3) is 1.23. The van der Waals surface area contributed by atoms with E-state index in [0.717, 1.165) is 16.6 Å². The second kappa shape index (κ2) is 2.83. The fraction of sp³-hybridized carbons (Fsp3) is 0.100. The lowest BCUT2D eigenvalue weighted by Crippen LogP contribution is -1.90. The van der Waals surface area contributed by atoms with E-state index in [2.05, 4.69) is 16.0 Å². The van der Waals surface area contributed by atoms with Crippen molar-refractivity contribution in [1.82, 2.24) is 9.97 Å². The van der Waals surface area contributed by atoms with Gasteiger partial charge in [0.2, 0.25) is 0 Å². The Labute approximate surface area is 75.7 Å². The molecule has 0 aliphatic heterocycles. The van der Waals surface area contributed by atoms with Crippen LogP contribution in [0.2, 0.25) is 0 Å². The Morgan fingerprint density at radius 2 is 2.31 bits per heavy atom. The summed E-state index contributed by atoms with van der Waals surface area (Å²) in [5, 5.41) is 9.64. The number of pyridine rings is 2. The van der Waals surface area contributed by atoms with E-state index in [1.54, 1.807) is 12.3 Å². The number of nitriles is 1. The Balaban J connectivity index is 2.91. The van der Waals surface area contributed by atoms with E-state index in [1.807, 2.05) is 19.1 Å². The van der Waals surface area contributed by atoms with Crippen molar-refractivity contribution in [2.75, 3.05) is 0 Å². The minimum Gasteiger partial charge on any atom is -0.256 e. The third-order valence-electron chi connectivity index (χ3n) is 1.83. The van der Waals surface area contributed by atoms with Crippen molar-refractivity contribution in [3.05, 3.63) is 35.8 Å². The van der Waals surface area contributed by atoms with Crippen molar-refractivity contribution < 1.29 is 0 Å². The van der Waals surface area contributed by atoms with Crippen LogP contribution < -0.4 is 0 Å². The van der Waals surface area contributed by atoms with Gasteiger partial charge in [-0.1, -0.05) is 0 Å². The summed E-state index contributed by atoms with van der Waals surface area (Å²) in [6.07, 6.45) is 1.71. The molecule has 0 atom stereocenters. The fourth-order valence-electron chi connectivity index (χ4n) is 1.28. The number of rotatable bonds is 0. The molecule has 0 amide bonds. The van der Waals surface area contributed by atoms with Crippen LogP contribution in [0, 0.1) is 18.3 Å². The van der Waals surface area contributed by atoms with Crippen molar-refractivity contribution >= 4 is 10.9 Å². The van der Waals surface area contributed by atoms with Crippen molar-refractivity contribution in [2.24, 2.45) is 0 Å². The van der Waals surface area contributed by atoms with E-state index in [0.29, 0.717) is 5.69 Å². The molecule has 2 aromatic rings. The van der Waals surface area contributed by atoms with Crippen molar-refractivity contribution in [3.8, 4) is 6.07 Å². The maximum Gasteiger partial charge on any atom is 0.150 e. The first-order valence-corrected chi connectivity index (χ1v) is 3.94. The molecule has 2 heterocycles. The van der Waals surface area contributed by atoms with Gasteiger partial charge in [0.15, 0.2) is 0 Å². The van der Waals surface area contributed by atoms with Gasteiger partial charge in [0.05, 0.1) is 5.52 Å². The summed E-state index contributed by atoms with van der Waals surface area (Å²) in [4.78, 5) is 8.28. The van der Waals surface area contributed by atoms with Gasteiger partial charge in [-0.25, -0.2) is 4.98 Å². The van der Waals surface area contributed by atoms with E-state index in [4.69, 9.17) is 5.26 Å². The average molecular weight is 169 g/mol. The lowest BCUT2D eigenvalue weighted by molar-refractivity contribution is 1.18. The van der Waals surface area contributed by atoms with Gasteiger partial charge >= 0.3 is 0 Å². The molecule has 0 N–H and O–H groups in total. The number of hydrogen-bond donors (Lipinski definition) is 0. The quantitative estimate of drug-likeness (QED) is 0.604. The Morgan fingerprint density at radius 3 is 3.08 bits per heavy atom. The minimum absolute atomic E-state index is 0.447. The van der Waals surface area contributed by atoms with Gasteiger partial charge < -0.3 is 0 Å². The highest BCUT2D eigenvalue weighted by Crippen LogP contribution is 2.14. The zero-order valence-electron chi connectivity index (χ0n) is 7.15. The molecule has 0 aliphatic rings. The molecule has 0 unspecified atom stereocenters. The van der Waals surface area contributed by atoms with Crippen LogP contribution in [0.4, 0.5) is 0 Å². The van der Waals surface area contributed by atoms with Gasteiger partial charge in [-0.05, 0) is 25.1 Å². The molecule has 0 spiro atoms. The lowest BCUT2D eigenvalue weighted by Gasteiger charge is -1.99. The Morgan fingerprint density at radius 1 is 1.46 bits per heavy atom. The highest BCUT2D eigenvalue weighted by Gasteiger charge is 2.02. The zero-order valence-corrected chi connectivity index (χ0v) is 7.15. The van der Waals surface area contributed by atoms with Crippen LogP contribution in [-0.2, 0) is 0 Å². The minimum atomic E-state index is 0.447. The molecule has 0 aromatic carbocycles. The molecule has 2 rings (SSSR count). The van der Waals surface area contributed by atoms with Crippen molar-refractivity contribution in [3.63, 3.8) is 0 Å². The van der Waals surface area contributed by atoms with Gasteiger partial charge in [-0.2, -0.15) is 5.26 Å². The summed E-state index contributed by atoms with van der Waals surface area (Å²) in [6, 6.07) is 7.59. The molecule has 2 aromatic heterocycles. The number of nitrogens with zero attached hydrogens (tertiary/aromatic N) is 3. The van der Waals surface area contributed by atoms with E-state index in [9.17, 15) is 0 Å². The molecule has 13 heavy (non-hydrogen) atoms. The molecule has 0 saturated heterocycles. The normalized spacial score (nSPS) is 9.85. The first kappa shape index (κ1) is 7.69. The van der Waals surface area contributed by atoms with Gasteiger partial charge in [-0.15, -0.1) is 0 Å². The van der Waals surface area contributed by atoms with Crippen LogP contribution in [0.15, 0.2) is 24.4 Å². The topological polar surface area (TPSA) is 49.6 Å². The Hall–Kier alpha value is -1.95. The molecule has 0 saturated carbocycles. The van der Waals surface area contributed by atoms with E-state index < -0.39 is 0 Å². The van der Waals surface area contributed by atoms with Crippen LogP contribution in [0.5, 0.6) is 0 Å². The summed E-state index contributed by atoms with van der Waals surface area (Å²) in [5.74, 6) is 0. The number of hydrogen-bond acceptors (Lipinski definition) is 3. The zero-order chi connectivity index (χ0) is 9.26. The smallest absolute Gasteiger partial charge is 0.150 e. The largest absolute Gasteiger partial charge is 0.256 e. The maximum atomic E-state index is 8.82. The number of fused-ring (bicyclic) bond motifs is 1. The highest BCUT2D eigenvalue weighted by molar-refractivity contribution is 5.83. The molecule has 0 fully saturated rings. The summed E-state index contributed by atoms with van der Waals surface area (Å²) >= 11 is 0. The summed E-state index contributed by atoms with van der Waals surface area (Å²) in [7, 11) is 0. The molecule has 0 radical (unpaired) electrons. The van der Waals surface area contributed by atoms with E-state index in [-0.39, 0.29) is 0 Å². The Bertz CT molecular complexity index is 497. The highest BCUT2D eigenvalue weighted by atomic mass is 14.7. The number of aryl methyl sites for hydroxylation is 1. The molecular weight excluding hydrogens is 162 g/mol. The number of aromatic nitrogens is 2. The third-order valence-corrected chi connectivity index (χ3v) is 1.83. The first-order chi connectivity index (χ1) is 6.31. The van der Waals surface area contributed by atoms with Crippen LogP contribution in [0.1, 0.15) is 11.4 Å². The standard InChI is InChI=1S/C10H7N3/c1-7-5-9-8(3-2-4-12-9)10(6-11)13-7/h2-5H,1H3. The predicted octanol–water partition coefficient (Wildman–Crippen LogP) is 1.81. The van der Waals surface area contributed by atoms with Crippen LogP contribution in [0.25, 0.3) is 10.9 Å². The SMILES string of the molecule is Cc1cc2ncccc2c(C#N)n1. The molecule has 0 bridgehead atoms. The van der Waals surface area contributed by atoms with Gasteiger partial charge in [0.25, 0.3) is 0 Å². The van der Waals surface area contributed by atoms with E-state index >= 15 is 0 Å². The molecule has 3 heteroatoms. The Kier molecular flexibility index (Phi) is 1.67. The van der Waals surface area contributed by atoms with Crippen LogP contribution >= 0.6 is 0 Å². The molecule has 0 aliphatic carbocycles. The molecule has 3 nitrogen and oxygen atoms in total. The molecular formula is C10H7N3. The second-order valence-corrected chi connectivity index (χ2v) is 2.79. The van der Waals surface area contributed by atoms with Gasteiger partial charge in [0.1, 0.15) is 11.8 Å². The van der Waals surface area contributed by atoms with Crippen LogP contribution in [0.3, 0.4) is 0 Å². The lowest BCUT2D eigenvalue weighted by atomic mass is 10.2. The van der Waals surface area contributed by atoms with Crippen LogP contribution in [-0.4, -0.2) is 9.97 Å². The fourth-order valence-corrected chi connectivity index (χ4v) is 1.28. The summed E-state index contributed by atoms with van der Waals surface area (Å²) < 4.78 is 0. The van der Waals surface area contributed by atoms with Crippen molar-refractivity contribution in [1.29, 1.82) is 5.26 Å². The summed E-state index contributed by atoms with van der Waals surface area (Å²) in [5.41, 5.74) is 2.09. The van der Waals surface area contributed by atoms with E-state index in [1.165, 1.54) is 0 Å².